The van der Waals surface area contributed by atoms with Gasteiger partial charge in [-0.15, -0.1) is 0 Å². The van der Waals surface area contributed by atoms with E-state index in [1.54, 1.807) is 12.3 Å². The van der Waals surface area contributed by atoms with Gasteiger partial charge in [-0.2, -0.15) is 5.10 Å². The normalized spacial score (nSPS) is 10.9. The number of fused-ring (bicyclic) bond motifs is 1. The Labute approximate surface area is 106 Å². The van der Waals surface area contributed by atoms with E-state index in [1.807, 2.05) is 0 Å². The molecule has 19 heavy (non-hydrogen) atoms. The van der Waals surface area contributed by atoms with Crippen molar-refractivity contribution < 1.29 is 14.3 Å². The molecule has 0 aromatic carbocycles. The zero-order valence-corrected chi connectivity index (χ0v) is 9.68. The number of carbonyl (C=O) groups is 1. The summed E-state index contributed by atoms with van der Waals surface area (Å²) in [6, 6.07) is 2.96. The molecule has 0 saturated heterocycles. The van der Waals surface area contributed by atoms with Crippen molar-refractivity contribution in [1.82, 2.24) is 14.2 Å². The molecule has 0 aliphatic heterocycles. The van der Waals surface area contributed by atoms with Gasteiger partial charge in [0.15, 0.2) is 0 Å². The first-order valence-corrected chi connectivity index (χ1v) is 5.49. The van der Waals surface area contributed by atoms with Crippen molar-refractivity contribution in [2.45, 2.75) is 6.54 Å². The number of nitrogens with zero attached hydrogens (tertiary/aromatic N) is 3. The van der Waals surface area contributed by atoms with Gasteiger partial charge in [0.25, 0.3) is 5.56 Å². The maximum absolute atomic E-state index is 12.1. The van der Waals surface area contributed by atoms with Crippen molar-refractivity contribution in [2.75, 3.05) is 0 Å². The molecule has 0 aliphatic carbocycles. The predicted molar refractivity (Wildman–Crippen MR) is 64.2 cm³/mol. The van der Waals surface area contributed by atoms with Gasteiger partial charge in [0, 0.05) is 12.4 Å². The largest absolute Gasteiger partial charge is 0.478 e. The monoisotopic (exact) mass is 259 g/mol. The maximum Gasteiger partial charge on any atom is 0.339 e. The fourth-order valence-corrected chi connectivity index (χ4v) is 1.89. The highest BCUT2D eigenvalue weighted by Crippen LogP contribution is 2.11. The summed E-state index contributed by atoms with van der Waals surface area (Å²) in [6.45, 7) is 0.0646. The van der Waals surface area contributed by atoms with E-state index in [0.29, 0.717) is 5.52 Å². The highest BCUT2D eigenvalue weighted by molar-refractivity contribution is 5.88. The molecule has 0 saturated carbocycles. The Balaban J connectivity index is 2.06. The summed E-state index contributed by atoms with van der Waals surface area (Å²) in [5.41, 5.74) is 0.221. The Morgan fingerprint density at radius 1 is 1.37 bits per heavy atom. The summed E-state index contributed by atoms with van der Waals surface area (Å²) >= 11 is 0. The highest BCUT2D eigenvalue weighted by atomic mass is 16.4. The highest BCUT2D eigenvalue weighted by Gasteiger charge is 2.14. The van der Waals surface area contributed by atoms with E-state index in [0.717, 1.165) is 0 Å². The van der Waals surface area contributed by atoms with Crippen molar-refractivity contribution in [2.24, 2.45) is 0 Å². The van der Waals surface area contributed by atoms with Crippen LogP contribution in [0.3, 0.4) is 0 Å². The smallest absolute Gasteiger partial charge is 0.339 e. The van der Waals surface area contributed by atoms with Crippen LogP contribution in [0.25, 0.3) is 5.52 Å². The lowest BCUT2D eigenvalue weighted by Gasteiger charge is -2.04. The van der Waals surface area contributed by atoms with Crippen LogP contribution < -0.4 is 5.56 Å². The first-order chi connectivity index (χ1) is 9.16. The number of aromatic carboxylic acids is 1. The van der Waals surface area contributed by atoms with E-state index in [2.05, 4.69) is 5.10 Å². The quantitative estimate of drug-likeness (QED) is 0.752. The summed E-state index contributed by atoms with van der Waals surface area (Å²) in [6.07, 6.45) is 5.98. The Hall–Kier alpha value is -2.83. The Morgan fingerprint density at radius 3 is 3.00 bits per heavy atom. The lowest BCUT2D eigenvalue weighted by Crippen LogP contribution is -2.22. The van der Waals surface area contributed by atoms with Crippen LogP contribution in [0.4, 0.5) is 0 Å². The van der Waals surface area contributed by atoms with Gasteiger partial charge in [-0.3, -0.25) is 4.79 Å². The third kappa shape index (κ3) is 1.81. The van der Waals surface area contributed by atoms with Gasteiger partial charge < -0.3 is 14.1 Å². The van der Waals surface area contributed by atoms with E-state index in [9.17, 15) is 9.59 Å². The van der Waals surface area contributed by atoms with Crippen LogP contribution in [-0.2, 0) is 6.54 Å². The van der Waals surface area contributed by atoms with Crippen LogP contribution in [0, 0.1) is 0 Å². The number of hydrogen-bond donors (Lipinski definition) is 1. The van der Waals surface area contributed by atoms with E-state index < -0.39 is 5.97 Å². The summed E-state index contributed by atoms with van der Waals surface area (Å²) < 4.78 is 7.95. The van der Waals surface area contributed by atoms with E-state index in [4.69, 9.17) is 9.52 Å². The summed E-state index contributed by atoms with van der Waals surface area (Å²) in [4.78, 5) is 23.1. The van der Waals surface area contributed by atoms with Gasteiger partial charge in [-0.05, 0) is 12.1 Å². The molecule has 0 unspecified atom stereocenters. The first kappa shape index (κ1) is 11.3. The molecular formula is C12H9N3O4. The van der Waals surface area contributed by atoms with E-state index in [1.165, 1.54) is 33.8 Å². The lowest BCUT2D eigenvalue weighted by molar-refractivity contribution is 0.0694. The van der Waals surface area contributed by atoms with Crippen LogP contribution >= 0.6 is 0 Å². The SMILES string of the molecule is O=C(O)c1ccoc1Cn1ccn2nccc2c1=O. The minimum absolute atomic E-state index is 0.0558. The molecule has 1 N–H and O–H groups in total. The second kappa shape index (κ2) is 4.13. The molecule has 0 fully saturated rings. The van der Waals surface area contributed by atoms with Crippen LogP contribution in [0.1, 0.15) is 16.1 Å². The van der Waals surface area contributed by atoms with Crippen molar-refractivity contribution in [1.29, 1.82) is 0 Å². The number of furan rings is 1. The topological polar surface area (TPSA) is 89.7 Å². The van der Waals surface area contributed by atoms with Gasteiger partial charge in [0.1, 0.15) is 16.8 Å². The molecule has 7 nitrogen and oxygen atoms in total. The molecule has 0 aliphatic rings. The van der Waals surface area contributed by atoms with Crippen molar-refractivity contribution in [3.63, 3.8) is 0 Å². The molecule has 0 bridgehead atoms. The summed E-state index contributed by atoms with van der Waals surface area (Å²) in [5.74, 6) is -0.847. The Bertz CT molecular complexity index is 812. The molecular weight excluding hydrogens is 250 g/mol. The van der Waals surface area contributed by atoms with Crippen LogP contribution in [0.2, 0.25) is 0 Å². The van der Waals surface area contributed by atoms with Crippen LogP contribution in [-0.4, -0.2) is 25.3 Å². The average Bonchev–Trinajstić information content (AvgIpc) is 3.01. The van der Waals surface area contributed by atoms with Crippen LogP contribution in [0.15, 0.2) is 46.2 Å². The van der Waals surface area contributed by atoms with Gasteiger partial charge in [-0.25, -0.2) is 9.31 Å². The number of carboxylic acids is 1. The third-order valence-electron chi connectivity index (χ3n) is 2.83. The standard InChI is InChI=1S/C12H9N3O4/c16-11-9-1-3-13-15(9)5-4-14(11)7-10-8(12(17)18)2-6-19-10/h1-6H,7H2,(H,17,18). The third-order valence-corrected chi connectivity index (χ3v) is 2.83. The number of hydrogen-bond acceptors (Lipinski definition) is 4. The predicted octanol–water partition coefficient (Wildman–Crippen LogP) is 0.835. The molecule has 0 radical (unpaired) electrons. The van der Waals surface area contributed by atoms with Crippen LogP contribution in [0.5, 0.6) is 0 Å². The number of rotatable bonds is 3. The van der Waals surface area contributed by atoms with Gasteiger partial charge in [0.2, 0.25) is 0 Å². The first-order valence-electron chi connectivity index (χ1n) is 5.49. The zero-order chi connectivity index (χ0) is 13.4. The van der Waals surface area contributed by atoms with Gasteiger partial charge in [0.05, 0.1) is 19.0 Å². The van der Waals surface area contributed by atoms with E-state index in [-0.39, 0.29) is 23.4 Å². The Kier molecular flexibility index (Phi) is 2.45. The molecule has 96 valence electrons. The summed E-state index contributed by atoms with van der Waals surface area (Å²) in [7, 11) is 0. The van der Waals surface area contributed by atoms with Crippen molar-refractivity contribution in [3.8, 4) is 0 Å². The number of carboxylic acid groups (broad SMARTS) is 1. The van der Waals surface area contributed by atoms with E-state index >= 15 is 0 Å². The number of aromatic nitrogens is 3. The maximum atomic E-state index is 12.1. The average molecular weight is 259 g/mol. The minimum Gasteiger partial charge on any atom is -0.478 e. The van der Waals surface area contributed by atoms with Crippen molar-refractivity contribution in [3.05, 3.63) is 58.7 Å². The van der Waals surface area contributed by atoms with Crippen molar-refractivity contribution >= 4 is 11.5 Å². The molecule has 3 aromatic rings. The zero-order valence-electron chi connectivity index (χ0n) is 9.68. The second-order valence-corrected chi connectivity index (χ2v) is 3.95. The molecule has 0 atom stereocenters. The fraction of sp³-hybridized carbons (Fsp3) is 0.0833. The second-order valence-electron chi connectivity index (χ2n) is 3.95. The molecule has 3 aromatic heterocycles. The molecule has 7 heteroatoms. The van der Waals surface area contributed by atoms with Gasteiger partial charge >= 0.3 is 5.97 Å². The lowest BCUT2D eigenvalue weighted by atomic mass is 10.2. The molecule has 3 rings (SSSR count). The fourth-order valence-electron chi connectivity index (χ4n) is 1.89. The molecule has 0 amide bonds. The van der Waals surface area contributed by atoms with Gasteiger partial charge in [-0.1, -0.05) is 0 Å². The molecule has 0 spiro atoms. The minimum atomic E-state index is -1.08. The Morgan fingerprint density at radius 2 is 2.21 bits per heavy atom. The molecule has 3 heterocycles. The summed E-state index contributed by atoms with van der Waals surface area (Å²) in [5, 5.41) is 12.9.